The molecular weight excluding hydrogens is 483 g/mol. The van der Waals surface area contributed by atoms with Crippen LogP contribution in [0.15, 0.2) is 78.9 Å². The summed E-state index contributed by atoms with van der Waals surface area (Å²) in [6, 6.07) is 26.5. The Morgan fingerprint density at radius 2 is 1.08 bits per heavy atom. The van der Waals surface area contributed by atoms with Crippen LogP contribution in [-0.2, 0) is 14.9 Å². The van der Waals surface area contributed by atoms with Crippen molar-refractivity contribution in [3.63, 3.8) is 0 Å². The Hall–Kier alpha value is -2.71. The highest BCUT2D eigenvalue weighted by atomic mass is 31.2. The molecule has 0 heterocycles. The molecule has 3 aromatic carbocycles. The van der Waals surface area contributed by atoms with Crippen LogP contribution in [0.25, 0.3) is 0 Å². The van der Waals surface area contributed by atoms with E-state index in [1.165, 1.54) is 0 Å². The van der Waals surface area contributed by atoms with Crippen LogP contribution in [0.3, 0.4) is 0 Å². The number of rotatable bonds is 12. The molecule has 196 valence electrons. The predicted molar refractivity (Wildman–Crippen MR) is 138 cm³/mol. The van der Waals surface area contributed by atoms with Crippen molar-refractivity contribution in [3.05, 3.63) is 95.6 Å². The number of aliphatic hydroxyl groups is 1. The maximum Gasteiger partial charge on any atom is 0.466 e. The van der Waals surface area contributed by atoms with Gasteiger partial charge >= 0.3 is 7.82 Å². The molecule has 36 heavy (non-hydrogen) atoms. The van der Waals surface area contributed by atoms with E-state index in [2.05, 4.69) is 36.4 Å². The zero-order valence-corrected chi connectivity index (χ0v) is 21.5. The minimum Gasteiger partial charge on any atom is -0.497 e. The number of hydrogen-bond donors (Lipinski definition) is 4. The molecule has 0 spiro atoms. The van der Waals surface area contributed by atoms with Crippen LogP contribution >= 0.6 is 7.82 Å². The largest absolute Gasteiger partial charge is 0.497 e. The standard InChI is InChI=1S/C27H32O4.H3O4P/c1-29-25-16-12-23(13-17-25)27(22-10-6-5-7-11-22,31-21-9-4-3-8-20-28)24-14-18-26(30-2)19-15-24;1-5(2,3)4/h5-7,10-19,28H,3-4,8-9,20-21H2,1-2H3;(H3,1,2,3,4). The third-order valence-electron chi connectivity index (χ3n) is 5.54. The number of ether oxygens (including phenoxy) is 3. The fourth-order valence-corrected chi connectivity index (χ4v) is 3.87. The Morgan fingerprint density at radius 3 is 1.50 bits per heavy atom. The van der Waals surface area contributed by atoms with E-state index in [1.807, 2.05) is 42.5 Å². The molecule has 0 saturated carbocycles. The van der Waals surface area contributed by atoms with Crippen LogP contribution in [-0.4, -0.2) is 47.2 Å². The second kappa shape index (κ2) is 14.8. The zero-order valence-electron chi connectivity index (χ0n) is 20.6. The average Bonchev–Trinajstić information content (AvgIpc) is 2.88. The Kier molecular flexibility index (Phi) is 12.1. The summed E-state index contributed by atoms with van der Waals surface area (Å²) in [5.74, 6) is 1.62. The molecule has 3 rings (SSSR count). The average molecular weight is 519 g/mol. The Morgan fingerprint density at radius 1 is 0.667 bits per heavy atom. The Balaban J connectivity index is 0.000000830. The van der Waals surface area contributed by atoms with E-state index in [4.69, 9.17) is 38.6 Å². The molecule has 0 amide bonds. The number of aliphatic hydroxyl groups excluding tert-OH is 1. The highest BCUT2D eigenvalue weighted by molar-refractivity contribution is 7.45. The van der Waals surface area contributed by atoms with Crippen molar-refractivity contribution >= 4 is 7.82 Å². The lowest BCUT2D eigenvalue weighted by Gasteiger charge is -2.36. The molecule has 8 nitrogen and oxygen atoms in total. The van der Waals surface area contributed by atoms with Crippen LogP contribution < -0.4 is 9.47 Å². The van der Waals surface area contributed by atoms with Gasteiger partial charge < -0.3 is 34.0 Å². The van der Waals surface area contributed by atoms with Crippen LogP contribution in [0.1, 0.15) is 42.4 Å². The normalized spacial score (nSPS) is 11.4. The van der Waals surface area contributed by atoms with Crippen LogP contribution in [0.5, 0.6) is 11.5 Å². The lowest BCUT2D eigenvalue weighted by Crippen LogP contribution is -2.33. The molecule has 0 aromatic heterocycles. The Labute approximate surface area is 212 Å². The van der Waals surface area contributed by atoms with E-state index in [1.54, 1.807) is 14.2 Å². The smallest absolute Gasteiger partial charge is 0.466 e. The number of unbranched alkanes of at least 4 members (excludes halogenated alkanes) is 3. The first-order valence-corrected chi connectivity index (χ1v) is 13.2. The van der Waals surface area contributed by atoms with Gasteiger partial charge in [-0.1, -0.05) is 67.4 Å². The summed E-state index contributed by atoms with van der Waals surface area (Å²) >= 11 is 0. The summed E-state index contributed by atoms with van der Waals surface area (Å²) in [6.07, 6.45) is 3.79. The third-order valence-corrected chi connectivity index (χ3v) is 5.54. The topological polar surface area (TPSA) is 126 Å². The molecule has 4 N–H and O–H groups in total. The van der Waals surface area contributed by atoms with Gasteiger partial charge in [-0.25, -0.2) is 4.57 Å². The van der Waals surface area contributed by atoms with Gasteiger partial charge in [-0.15, -0.1) is 0 Å². The quantitative estimate of drug-likeness (QED) is 0.155. The van der Waals surface area contributed by atoms with E-state index in [0.29, 0.717) is 6.61 Å². The van der Waals surface area contributed by atoms with Gasteiger partial charge in [0.1, 0.15) is 17.1 Å². The summed E-state index contributed by atoms with van der Waals surface area (Å²) in [5.41, 5.74) is 2.40. The summed E-state index contributed by atoms with van der Waals surface area (Å²) in [4.78, 5) is 21.6. The summed E-state index contributed by atoms with van der Waals surface area (Å²) in [6.45, 7) is 0.852. The van der Waals surface area contributed by atoms with E-state index in [9.17, 15) is 0 Å². The molecule has 0 aliphatic carbocycles. The molecule has 9 heteroatoms. The lowest BCUT2D eigenvalue weighted by molar-refractivity contribution is 0.0105. The van der Waals surface area contributed by atoms with Crippen LogP contribution in [0.4, 0.5) is 0 Å². The molecule has 0 atom stereocenters. The molecule has 0 radical (unpaired) electrons. The van der Waals surface area contributed by atoms with E-state index in [-0.39, 0.29) is 6.61 Å². The van der Waals surface area contributed by atoms with E-state index in [0.717, 1.165) is 53.9 Å². The maximum atomic E-state index is 9.03. The van der Waals surface area contributed by atoms with Crippen molar-refractivity contribution < 1.29 is 38.6 Å². The second-order valence-electron chi connectivity index (χ2n) is 8.00. The van der Waals surface area contributed by atoms with Gasteiger partial charge in [0.05, 0.1) is 14.2 Å². The molecule has 0 saturated heterocycles. The van der Waals surface area contributed by atoms with Crippen molar-refractivity contribution in [2.45, 2.75) is 31.3 Å². The zero-order chi connectivity index (χ0) is 26.4. The van der Waals surface area contributed by atoms with Gasteiger partial charge in [0.25, 0.3) is 0 Å². The van der Waals surface area contributed by atoms with Gasteiger partial charge in [0.15, 0.2) is 0 Å². The van der Waals surface area contributed by atoms with Gasteiger partial charge in [-0.05, 0) is 53.8 Å². The first-order valence-electron chi connectivity index (χ1n) is 11.6. The highest BCUT2D eigenvalue weighted by Crippen LogP contribution is 2.41. The van der Waals surface area contributed by atoms with Gasteiger partial charge in [0, 0.05) is 13.2 Å². The van der Waals surface area contributed by atoms with Crippen molar-refractivity contribution in [2.75, 3.05) is 27.4 Å². The van der Waals surface area contributed by atoms with Gasteiger partial charge in [-0.3, -0.25) is 0 Å². The number of hydrogen-bond acceptors (Lipinski definition) is 5. The van der Waals surface area contributed by atoms with Crippen molar-refractivity contribution in [1.82, 2.24) is 0 Å². The molecular formula is C27H35O8P. The van der Waals surface area contributed by atoms with Crippen molar-refractivity contribution in [3.8, 4) is 11.5 Å². The van der Waals surface area contributed by atoms with Gasteiger partial charge in [0.2, 0.25) is 0 Å². The van der Waals surface area contributed by atoms with E-state index < -0.39 is 13.4 Å². The monoisotopic (exact) mass is 518 g/mol. The molecule has 0 bridgehead atoms. The fraction of sp³-hybridized carbons (Fsp3) is 0.333. The van der Waals surface area contributed by atoms with Gasteiger partial charge in [-0.2, -0.15) is 0 Å². The SMILES string of the molecule is COc1ccc(C(OCCCCCCO)(c2ccccc2)c2ccc(OC)cc2)cc1.O=P(O)(O)O. The first kappa shape index (κ1) is 29.5. The third kappa shape index (κ3) is 9.06. The number of phosphoric acid groups is 1. The second-order valence-corrected chi connectivity index (χ2v) is 9.03. The molecule has 3 aromatic rings. The Bertz CT molecular complexity index is 994. The molecule has 0 aliphatic rings. The highest BCUT2D eigenvalue weighted by Gasteiger charge is 2.37. The fourth-order valence-electron chi connectivity index (χ4n) is 3.87. The molecule has 0 unspecified atom stereocenters. The molecule has 0 aliphatic heterocycles. The summed E-state index contributed by atoms with van der Waals surface area (Å²) < 4.78 is 26.4. The van der Waals surface area contributed by atoms with Crippen molar-refractivity contribution in [1.29, 1.82) is 0 Å². The maximum absolute atomic E-state index is 9.03. The van der Waals surface area contributed by atoms with E-state index >= 15 is 0 Å². The molecule has 0 fully saturated rings. The lowest BCUT2D eigenvalue weighted by atomic mass is 9.80. The predicted octanol–water partition coefficient (Wildman–Crippen LogP) is 4.64. The summed E-state index contributed by atoms with van der Waals surface area (Å²) in [7, 11) is -1.29. The first-order chi connectivity index (χ1) is 17.2. The minimum atomic E-state index is -4.64. The van der Waals surface area contributed by atoms with Crippen molar-refractivity contribution in [2.24, 2.45) is 0 Å². The summed E-state index contributed by atoms with van der Waals surface area (Å²) in [5, 5.41) is 9.03. The minimum absolute atomic E-state index is 0.243. The number of benzene rings is 3. The van der Waals surface area contributed by atoms with Crippen LogP contribution in [0, 0.1) is 0 Å². The van der Waals surface area contributed by atoms with Crippen LogP contribution in [0.2, 0.25) is 0 Å². The number of methoxy groups -OCH3 is 2.